The topological polar surface area (TPSA) is 0 Å². The molecule has 0 bridgehead atoms. The van der Waals surface area contributed by atoms with Gasteiger partial charge in [0.1, 0.15) is 0 Å². The highest BCUT2D eigenvalue weighted by Gasteiger charge is 2.41. The molecule has 2 rings (SSSR count). The molecule has 2 heteroatoms. The first-order valence-corrected chi connectivity index (χ1v) is 13.9. The fourth-order valence-electron chi connectivity index (χ4n) is 5.16. The van der Waals surface area contributed by atoms with Crippen molar-refractivity contribution in [3.63, 3.8) is 0 Å². The van der Waals surface area contributed by atoms with Gasteiger partial charge in [-0.2, -0.15) is 0 Å². The van der Waals surface area contributed by atoms with E-state index in [-0.39, 0.29) is 0 Å². The monoisotopic (exact) mass is 332 g/mol. The summed E-state index contributed by atoms with van der Waals surface area (Å²) in [6.45, 7) is 15.9. The lowest BCUT2D eigenvalue weighted by atomic mass is 9.30. The Kier molecular flexibility index (Phi) is 6.67. The third kappa shape index (κ3) is 5.80. The second-order valence-electron chi connectivity index (χ2n) is 10.5. The van der Waals surface area contributed by atoms with Crippen LogP contribution in [-0.2, 0) is 0 Å². The van der Waals surface area contributed by atoms with Gasteiger partial charge in [0.15, 0.2) is 6.71 Å². The van der Waals surface area contributed by atoms with Gasteiger partial charge < -0.3 is 0 Å². The van der Waals surface area contributed by atoms with Crippen LogP contribution in [0, 0.1) is 5.41 Å². The van der Waals surface area contributed by atoms with Crippen LogP contribution in [0.5, 0.6) is 0 Å². The number of hydrogen-bond acceptors (Lipinski definition) is 0. The third-order valence-corrected chi connectivity index (χ3v) is 8.34. The quantitative estimate of drug-likeness (QED) is 0.466. The van der Waals surface area contributed by atoms with Gasteiger partial charge in [-0.1, -0.05) is 122 Å². The van der Waals surface area contributed by atoms with E-state index in [0.717, 1.165) is 18.3 Å². The Balaban J connectivity index is 2.36. The fourth-order valence-corrected chi connectivity index (χ4v) is 7.50. The minimum Gasteiger partial charge on any atom is -0.113 e. The average molecular weight is 332 g/mol. The van der Waals surface area contributed by atoms with Crippen molar-refractivity contribution in [2.75, 3.05) is 0 Å². The summed E-state index contributed by atoms with van der Waals surface area (Å²) in [6.07, 6.45) is 17.7. The van der Waals surface area contributed by atoms with E-state index in [0.29, 0.717) is 5.41 Å². The van der Waals surface area contributed by atoms with E-state index in [2.05, 4.69) is 46.5 Å². The van der Waals surface area contributed by atoms with Crippen molar-refractivity contribution in [2.45, 2.75) is 116 Å². The van der Waals surface area contributed by atoms with Crippen molar-refractivity contribution in [1.82, 2.24) is 0 Å². The van der Waals surface area contributed by atoms with E-state index in [1.54, 1.807) is 0 Å². The Morgan fingerprint density at radius 1 is 0.783 bits per heavy atom. The van der Waals surface area contributed by atoms with E-state index in [1.165, 1.54) is 64.2 Å². The number of hydrogen-bond donors (Lipinski definition) is 0. The van der Waals surface area contributed by atoms with Crippen LogP contribution in [-0.4, -0.2) is 14.8 Å². The molecule has 0 spiro atoms. The maximum Gasteiger partial charge on any atom is 0.171 e. The first-order chi connectivity index (χ1) is 10.7. The molecule has 0 nitrogen and oxygen atoms in total. The highest BCUT2D eigenvalue weighted by atomic mass is 28.3. The molecule has 2 aliphatic carbocycles. The molecule has 132 valence electrons. The summed E-state index contributed by atoms with van der Waals surface area (Å²) in [6, 6.07) is 0. The van der Waals surface area contributed by atoms with Gasteiger partial charge in [0.25, 0.3) is 0 Å². The standard InChI is InChI=1S/C21H41BSi/c1-21(2,3)17-20(23(4,5)6)22(18-13-9-7-10-14-18)19-15-11-8-12-16-19/h17-19H,7-16H2,1-6H3/b20-17-. The summed E-state index contributed by atoms with van der Waals surface area (Å²) >= 11 is 0. The van der Waals surface area contributed by atoms with Crippen molar-refractivity contribution in [2.24, 2.45) is 5.41 Å². The van der Waals surface area contributed by atoms with Crippen LogP contribution >= 0.6 is 0 Å². The highest BCUT2D eigenvalue weighted by molar-refractivity contribution is 6.99. The Labute approximate surface area is 148 Å². The zero-order valence-corrected chi connectivity index (χ0v) is 17.9. The van der Waals surface area contributed by atoms with Crippen LogP contribution in [0.15, 0.2) is 11.2 Å². The van der Waals surface area contributed by atoms with Crippen LogP contribution in [0.3, 0.4) is 0 Å². The van der Waals surface area contributed by atoms with Gasteiger partial charge in [-0.15, -0.1) is 5.10 Å². The van der Waals surface area contributed by atoms with Gasteiger partial charge in [0.2, 0.25) is 0 Å². The van der Waals surface area contributed by atoms with Crippen molar-refractivity contribution in [3.8, 4) is 0 Å². The van der Waals surface area contributed by atoms with Crippen molar-refractivity contribution >= 4 is 14.8 Å². The third-order valence-electron chi connectivity index (χ3n) is 6.13. The largest absolute Gasteiger partial charge is 0.171 e. The van der Waals surface area contributed by atoms with Crippen LogP contribution in [0.1, 0.15) is 85.0 Å². The molecule has 0 N–H and O–H groups in total. The minimum atomic E-state index is -1.27. The molecule has 0 amide bonds. The first-order valence-electron chi connectivity index (χ1n) is 10.4. The summed E-state index contributed by atoms with van der Waals surface area (Å²) in [5, 5.41) is 1.93. The van der Waals surface area contributed by atoms with E-state index in [9.17, 15) is 0 Å². The fraction of sp³-hybridized carbons (Fsp3) is 0.905. The summed E-state index contributed by atoms with van der Waals surface area (Å²) < 4.78 is 0. The summed E-state index contributed by atoms with van der Waals surface area (Å²) in [4.78, 5) is 0. The molecule has 0 saturated heterocycles. The van der Waals surface area contributed by atoms with Gasteiger partial charge in [0.05, 0.1) is 8.07 Å². The second-order valence-corrected chi connectivity index (χ2v) is 15.6. The molecule has 0 aromatic carbocycles. The van der Waals surface area contributed by atoms with Crippen molar-refractivity contribution in [1.29, 1.82) is 0 Å². The molecule has 2 saturated carbocycles. The molecule has 0 radical (unpaired) electrons. The van der Waals surface area contributed by atoms with Crippen molar-refractivity contribution < 1.29 is 0 Å². The van der Waals surface area contributed by atoms with Crippen LogP contribution in [0.2, 0.25) is 31.3 Å². The molecular formula is C21H41BSi. The molecule has 2 fully saturated rings. The zero-order valence-electron chi connectivity index (χ0n) is 16.9. The highest BCUT2D eigenvalue weighted by Crippen LogP contribution is 2.46. The summed E-state index contributed by atoms with van der Waals surface area (Å²) in [7, 11) is -1.27. The number of rotatable bonds is 4. The SMILES string of the molecule is CC(C)(C)/C=C(/B(C1CCCCC1)C1CCCCC1)[Si](C)(C)C. The molecule has 0 unspecified atom stereocenters. The Hall–Kier alpha value is 0.0218. The van der Waals surface area contributed by atoms with E-state index in [4.69, 9.17) is 0 Å². The van der Waals surface area contributed by atoms with E-state index < -0.39 is 8.07 Å². The summed E-state index contributed by atoms with van der Waals surface area (Å²) in [5.41, 5.74) is 0.331. The van der Waals surface area contributed by atoms with Gasteiger partial charge in [-0.3, -0.25) is 0 Å². The molecule has 0 atom stereocenters. The van der Waals surface area contributed by atoms with Gasteiger partial charge >= 0.3 is 0 Å². The minimum absolute atomic E-state index is 0.331. The molecular weight excluding hydrogens is 291 g/mol. The molecule has 0 heterocycles. The van der Waals surface area contributed by atoms with Crippen molar-refractivity contribution in [3.05, 3.63) is 11.2 Å². The van der Waals surface area contributed by atoms with Gasteiger partial charge in [0, 0.05) is 0 Å². The van der Waals surface area contributed by atoms with Crippen LogP contribution < -0.4 is 0 Å². The van der Waals surface area contributed by atoms with E-state index >= 15 is 0 Å². The lowest BCUT2D eigenvalue weighted by Crippen LogP contribution is -2.42. The normalized spacial score (nSPS) is 23.1. The predicted molar refractivity (Wildman–Crippen MR) is 110 cm³/mol. The lowest BCUT2D eigenvalue weighted by molar-refractivity contribution is 0.463. The van der Waals surface area contributed by atoms with Crippen LogP contribution in [0.4, 0.5) is 0 Å². The Morgan fingerprint density at radius 2 is 1.17 bits per heavy atom. The zero-order chi connectivity index (χ0) is 17.1. The Morgan fingerprint density at radius 3 is 1.48 bits per heavy atom. The molecule has 0 aromatic heterocycles. The second kappa shape index (κ2) is 7.93. The maximum atomic E-state index is 2.73. The first kappa shape index (κ1) is 19.3. The van der Waals surface area contributed by atoms with E-state index in [1.807, 2.05) is 5.10 Å². The molecule has 23 heavy (non-hydrogen) atoms. The van der Waals surface area contributed by atoms with Gasteiger partial charge in [-0.25, -0.2) is 0 Å². The van der Waals surface area contributed by atoms with Gasteiger partial charge in [-0.05, 0) is 5.41 Å². The predicted octanol–water partition coefficient (Wildman–Crippen LogP) is 7.54. The average Bonchev–Trinajstić information content (AvgIpc) is 2.47. The molecule has 0 aromatic rings. The Bertz CT molecular complexity index is 369. The molecule has 2 aliphatic rings. The lowest BCUT2D eigenvalue weighted by Gasteiger charge is -2.41. The maximum absolute atomic E-state index is 2.73. The smallest absolute Gasteiger partial charge is 0.113 e. The molecule has 0 aliphatic heterocycles. The van der Waals surface area contributed by atoms with Crippen LogP contribution in [0.25, 0.3) is 0 Å². The summed E-state index contributed by atoms with van der Waals surface area (Å²) in [5.74, 6) is 1.99. The number of allylic oxidation sites excluding steroid dienone is 1.